The Morgan fingerprint density at radius 3 is 2.22 bits per heavy atom. The van der Waals surface area contributed by atoms with E-state index in [4.69, 9.17) is 28.9 Å². The number of hydrogen-bond acceptors (Lipinski definition) is 8. The van der Waals surface area contributed by atoms with Crippen LogP contribution in [-0.2, 0) is 4.79 Å². The molecule has 2 N–H and O–H groups in total. The summed E-state index contributed by atoms with van der Waals surface area (Å²) >= 11 is 0. The molecule has 0 radical (unpaired) electrons. The van der Waals surface area contributed by atoms with Crippen LogP contribution in [0.15, 0.2) is 30.3 Å². The van der Waals surface area contributed by atoms with Crippen molar-refractivity contribution in [3.63, 3.8) is 0 Å². The van der Waals surface area contributed by atoms with Crippen molar-refractivity contribution in [1.82, 2.24) is 10.5 Å². The Bertz CT molecular complexity index is 811. The fourth-order valence-electron chi connectivity index (χ4n) is 2.19. The molecule has 0 atom stereocenters. The normalized spacial score (nSPS) is 10.4. The van der Waals surface area contributed by atoms with Crippen LogP contribution in [0.5, 0.6) is 34.8 Å². The zero-order chi connectivity index (χ0) is 19.8. The van der Waals surface area contributed by atoms with Crippen LogP contribution < -0.4 is 29.2 Å². The molecule has 27 heavy (non-hydrogen) atoms. The van der Waals surface area contributed by atoms with Gasteiger partial charge < -0.3 is 23.7 Å². The quantitative estimate of drug-likeness (QED) is 0.411. The van der Waals surface area contributed by atoms with Crippen molar-refractivity contribution in [1.29, 1.82) is 0 Å². The summed E-state index contributed by atoms with van der Waals surface area (Å²) in [5.41, 5.74) is 1.99. The number of hydrogen-bond donors (Lipinski definition) is 2. The van der Waals surface area contributed by atoms with Crippen LogP contribution >= 0.6 is 0 Å². The Morgan fingerprint density at radius 1 is 1.04 bits per heavy atom. The number of carbonyl (C=O) groups is 1. The molecule has 1 heterocycles. The minimum absolute atomic E-state index is 0.172. The van der Waals surface area contributed by atoms with Gasteiger partial charge in [-0.25, -0.2) is 5.48 Å². The van der Waals surface area contributed by atoms with Crippen LogP contribution in [0.1, 0.15) is 5.56 Å². The molecule has 1 aromatic heterocycles. The third-order valence-electron chi connectivity index (χ3n) is 3.45. The number of pyridine rings is 1. The topological polar surface area (TPSA) is 108 Å². The molecule has 0 spiro atoms. The molecule has 2 rings (SSSR count). The van der Waals surface area contributed by atoms with Gasteiger partial charge in [0, 0.05) is 29.8 Å². The highest BCUT2D eigenvalue weighted by Crippen LogP contribution is 2.42. The van der Waals surface area contributed by atoms with E-state index >= 15 is 0 Å². The van der Waals surface area contributed by atoms with Crippen molar-refractivity contribution in [2.75, 3.05) is 28.4 Å². The predicted octanol–water partition coefficient (Wildman–Crippen LogP) is 2.43. The minimum atomic E-state index is -0.690. The molecule has 0 aliphatic carbocycles. The lowest BCUT2D eigenvalue weighted by molar-refractivity contribution is -0.124. The maximum atomic E-state index is 11.2. The van der Waals surface area contributed by atoms with Crippen molar-refractivity contribution in [3.05, 3.63) is 35.9 Å². The molecule has 0 fully saturated rings. The number of nitrogens with one attached hydrogen (secondary N) is 1. The molecule has 0 bridgehead atoms. The maximum absolute atomic E-state index is 11.2. The number of carbonyl (C=O) groups excluding carboxylic acids is 1. The van der Waals surface area contributed by atoms with Gasteiger partial charge >= 0.3 is 0 Å². The molecule has 0 unspecified atom stereocenters. The summed E-state index contributed by atoms with van der Waals surface area (Å²) < 4.78 is 26.8. The molecule has 2 aromatic rings. The predicted molar refractivity (Wildman–Crippen MR) is 95.9 cm³/mol. The average molecular weight is 376 g/mol. The fraction of sp³-hybridized carbons (Fsp3) is 0.222. The first-order valence-electron chi connectivity index (χ1n) is 7.71. The number of amides is 1. The summed E-state index contributed by atoms with van der Waals surface area (Å²) in [6, 6.07) is 6.48. The summed E-state index contributed by atoms with van der Waals surface area (Å²) in [6.45, 7) is 0. The van der Waals surface area contributed by atoms with Gasteiger partial charge in [0.25, 0.3) is 5.91 Å². The van der Waals surface area contributed by atoms with Crippen LogP contribution in [0.25, 0.3) is 6.08 Å². The van der Waals surface area contributed by atoms with Gasteiger partial charge in [-0.05, 0) is 12.1 Å². The second kappa shape index (κ2) is 9.30. The molecule has 1 aromatic carbocycles. The second-order valence-electron chi connectivity index (χ2n) is 5.02. The van der Waals surface area contributed by atoms with Gasteiger partial charge in [0.05, 0.1) is 28.4 Å². The van der Waals surface area contributed by atoms with Gasteiger partial charge in [-0.15, -0.1) is 0 Å². The SMILES string of the molecule is COc1ccc(/C=C/C(=O)NO)c(Oc2cc(OC)c(OC)c(OC)c2)n1. The van der Waals surface area contributed by atoms with Gasteiger partial charge in [-0.2, -0.15) is 4.98 Å². The first-order valence-corrected chi connectivity index (χ1v) is 7.71. The number of ether oxygens (including phenoxy) is 5. The van der Waals surface area contributed by atoms with Crippen LogP contribution in [-0.4, -0.2) is 44.5 Å². The van der Waals surface area contributed by atoms with Crippen LogP contribution in [0.4, 0.5) is 0 Å². The summed E-state index contributed by atoms with van der Waals surface area (Å²) in [7, 11) is 5.96. The Labute approximate surface area is 156 Å². The highest BCUT2D eigenvalue weighted by Gasteiger charge is 2.16. The average Bonchev–Trinajstić information content (AvgIpc) is 2.71. The Balaban J connectivity index is 2.46. The molecular weight excluding hydrogens is 356 g/mol. The first-order chi connectivity index (χ1) is 13.1. The molecule has 1 amide bonds. The standard InChI is InChI=1S/C18H20N2O7/c1-23-13-9-12(10-14(24-2)17(13)26-4)27-18-11(5-7-15(21)20-22)6-8-16(19-18)25-3/h5-10,22H,1-4H3,(H,20,21)/b7-5+. The van der Waals surface area contributed by atoms with Gasteiger partial charge in [0.1, 0.15) is 5.75 Å². The summed E-state index contributed by atoms with van der Waals surface area (Å²) in [6.07, 6.45) is 2.57. The Morgan fingerprint density at radius 2 is 1.70 bits per heavy atom. The highest BCUT2D eigenvalue weighted by molar-refractivity contribution is 5.91. The second-order valence-corrected chi connectivity index (χ2v) is 5.02. The third-order valence-corrected chi connectivity index (χ3v) is 3.45. The molecular formula is C18H20N2O7. The zero-order valence-electron chi connectivity index (χ0n) is 15.3. The number of rotatable bonds is 8. The van der Waals surface area contributed by atoms with Crippen molar-refractivity contribution < 1.29 is 33.7 Å². The lowest BCUT2D eigenvalue weighted by Gasteiger charge is -2.15. The van der Waals surface area contributed by atoms with Gasteiger partial charge in [-0.3, -0.25) is 10.0 Å². The molecule has 0 saturated carbocycles. The smallest absolute Gasteiger partial charge is 0.267 e. The van der Waals surface area contributed by atoms with Crippen molar-refractivity contribution in [2.45, 2.75) is 0 Å². The molecule has 144 valence electrons. The van der Waals surface area contributed by atoms with E-state index in [0.29, 0.717) is 34.4 Å². The Hall–Kier alpha value is -3.46. The van der Waals surface area contributed by atoms with E-state index in [-0.39, 0.29) is 5.88 Å². The molecule has 0 saturated heterocycles. The number of aromatic nitrogens is 1. The van der Waals surface area contributed by atoms with Crippen molar-refractivity contribution in [2.24, 2.45) is 0 Å². The number of methoxy groups -OCH3 is 4. The van der Waals surface area contributed by atoms with Crippen molar-refractivity contribution in [3.8, 4) is 34.8 Å². The third kappa shape index (κ3) is 4.79. The van der Waals surface area contributed by atoms with Gasteiger partial charge in [0.2, 0.25) is 17.5 Å². The van der Waals surface area contributed by atoms with E-state index in [1.54, 1.807) is 24.3 Å². The monoisotopic (exact) mass is 376 g/mol. The summed E-state index contributed by atoms with van der Waals surface area (Å²) in [5, 5.41) is 8.61. The number of hydroxylamine groups is 1. The van der Waals surface area contributed by atoms with E-state index in [2.05, 4.69) is 4.98 Å². The van der Waals surface area contributed by atoms with E-state index in [1.807, 2.05) is 0 Å². The van der Waals surface area contributed by atoms with E-state index in [1.165, 1.54) is 40.0 Å². The molecule has 0 aliphatic heterocycles. The van der Waals surface area contributed by atoms with E-state index in [9.17, 15) is 4.79 Å². The molecule has 0 aliphatic rings. The fourth-order valence-corrected chi connectivity index (χ4v) is 2.19. The van der Waals surface area contributed by atoms with Gasteiger partial charge in [-0.1, -0.05) is 0 Å². The molecule has 9 heteroatoms. The lowest BCUT2D eigenvalue weighted by Crippen LogP contribution is -2.14. The van der Waals surface area contributed by atoms with E-state index < -0.39 is 5.91 Å². The highest BCUT2D eigenvalue weighted by atomic mass is 16.5. The summed E-state index contributed by atoms with van der Waals surface area (Å²) in [4.78, 5) is 15.5. The van der Waals surface area contributed by atoms with Crippen LogP contribution in [0, 0.1) is 0 Å². The zero-order valence-corrected chi connectivity index (χ0v) is 15.3. The largest absolute Gasteiger partial charge is 0.493 e. The number of nitrogens with zero attached hydrogens (tertiary/aromatic N) is 1. The first kappa shape index (κ1) is 19.9. The molecule has 9 nitrogen and oxygen atoms in total. The van der Waals surface area contributed by atoms with Gasteiger partial charge in [0.15, 0.2) is 11.5 Å². The summed E-state index contributed by atoms with van der Waals surface area (Å²) in [5.74, 6) is 1.41. The Kier molecular flexibility index (Phi) is 6.84. The van der Waals surface area contributed by atoms with Crippen LogP contribution in [0.2, 0.25) is 0 Å². The van der Waals surface area contributed by atoms with E-state index in [0.717, 1.165) is 6.08 Å². The minimum Gasteiger partial charge on any atom is -0.493 e. The van der Waals surface area contributed by atoms with Crippen molar-refractivity contribution >= 4 is 12.0 Å². The van der Waals surface area contributed by atoms with Crippen LogP contribution in [0.3, 0.4) is 0 Å². The lowest BCUT2D eigenvalue weighted by atomic mass is 10.2. The maximum Gasteiger partial charge on any atom is 0.267 e. The number of benzene rings is 1.